The Balaban J connectivity index is 1.91. The Labute approximate surface area is 223 Å². The highest BCUT2D eigenvalue weighted by atomic mass is 32.1. The van der Waals surface area contributed by atoms with Gasteiger partial charge in [-0.05, 0) is 30.7 Å². The number of likely N-dealkylation sites (N-methyl/N-ethyl adjacent to an activating group) is 1. The fraction of sp³-hybridized carbons (Fsp3) is 0.462. The molecular weight excluding hydrogens is 492 g/mol. The number of amides is 4. The van der Waals surface area contributed by atoms with E-state index in [9.17, 15) is 19.2 Å². The average molecular weight is 529 g/mol. The van der Waals surface area contributed by atoms with Gasteiger partial charge in [-0.25, -0.2) is 4.98 Å². The first-order chi connectivity index (χ1) is 17.7. The highest BCUT2D eigenvalue weighted by molar-refractivity contribution is 7.81. The second-order valence-electron chi connectivity index (χ2n) is 9.06. The van der Waals surface area contributed by atoms with Crippen LogP contribution in [0, 0.1) is 5.92 Å². The predicted octanol–water partition coefficient (Wildman–Crippen LogP) is 1.29. The van der Waals surface area contributed by atoms with Crippen LogP contribution in [0.25, 0.3) is 0 Å². The van der Waals surface area contributed by atoms with Crippen LogP contribution < -0.4 is 21.3 Å². The molecule has 1 aromatic heterocycles. The number of carbonyl (C=O) groups is 4. The standard InChI is InChI=1S/C26H36N6O4S/c1-17(2)14-19(25(35)31-20(23(33)27-3)15-18-8-5-4-6-9-18)32-26(36)22(37)10-7-11-30-24(34)21-16-28-12-13-29-21/h4-6,8-9,12-13,16-17,19-20,22,37H,7,10-11,14-15H2,1-3H3,(H,27,33)(H,30,34)(H,31,35)(H,32,36)/t19-,20-,22?/m0/s1. The maximum absolute atomic E-state index is 13.1. The predicted molar refractivity (Wildman–Crippen MR) is 144 cm³/mol. The molecule has 2 rings (SSSR count). The zero-order chi connectivity index (χ0) is 27.2. The molecule has 11 heteroatoms. The highest BCUT2D eigenvalue weighted by Crippen LogP contribution is 2.11. The molecule has 0 aliphatic rings. The van der Waals surface area contributed by atoms with Gasteiger partial charge in [-0.1, -0.05) is 44.2 Å². The summed E-state index contributed by atoms with van der Waals surface area (Å²) in [6.45, 7) is 4.23. The van der Waals surface area contributed by atoms with Crippen LogP contribution >= 0.6 is 12.6 Å². The number of hydrogen-bond donors (Lipinski definition) is 5. The molecule has 1 heterocycles. The Morgan fingerprint density at radius 3 is 2.27 bits per heavy atom. The van der Waals surface area contributed by atoms with Gasteiger partial charge in [0.05, 0.1) is 11.4 Å². The summed E-state index contributed by atoms with van der Waals surface area (Å²) >= 11 is 4.39. The number of rotatable bonds is 14. The number of nitrogens with one attached hydrogen (secondary N) is 4. The second-order valence-corrected chi connectivity index (χ2v) is 9.68. The minimum atomic E-state index is -0.818. The second kappa shape index (κ2) is 15.6. The molecule has 3 atom stereocenters. The summed E-state index contributed by atoms with van der Waals surface area (Å²) in [6, 6.07) is 7.79. The number of nitrogens with zero attached hydrogens (tertiary/aromatic N) is 2. The molecule has 0 radical (unpaired) electrons. The smallest absolute Gasteiger partial charge is 0.271 e. The summed E-state index contributed by atoms with van der Waals surface area (Å²) in [4.78, 5) is 58.2. The van der Waals surface area contributed by atoms with E-state index in [2.05, 4.69) is 43.9 Å². The maximum Gasteiger partial charge on any atom is 0.271 e. The van der Waals surface area contributed by atoms with Gasteiger partial charge in [0.1, 0.15) is 17.8 Å². The molecule has 0 aliphatic carbocycles. The van der Waals surface area contributed by atoms with Crippen LogP contribution in [0.3, 0.4) is 0 Å². The van der Waals surface area contributed by atoms with Gasteiger partial charge in [0, 0.05) is 32.4 Å². The Morgan fingerprint density at radius 2 is 1.65 bits per heavy atom. The molecule has 0 aliphatic heterocycles. The van der Waals surface area contributed by atoms with Gasteiger partial charge in [-0.15, -0.1) is 0 Å². The van der Waals surface area contributed by atoms with E-state index >= 15 is 0 Å². The number of carbonyl (C=O) groups excluding carboxylic acids is 4. The lowest BCUT2D eigenvalue weighted by atomic mass is 10.0. The zero-order valence-electron chi connectivity index (χ0n) is 21.4. The molecule has 0 bridgehead atoms. The van der Waals surface area contributed by atoms with Gasteiger partial charge in [0.2, 0.25) is 17.7 Å². The van der Waals surface area contributed by atoms with Crippen molar-refractivity contribution < 1.29 is 19.2 Å². The molecule has 0 fully saturated rings. The van der Waals surface area contributed by atoms with Gasteiger partial charge < -0.3 is 21.3 Å². The Morgan fingerprint density at radius 1 is 0.946 bits per heavy atom. The molecule has 37 heavy (non-hydrogen) atoms. The van der Waals surface area contributed by atoms with Crippen molar-refractivity contribution in [3.8, 4) is 0 Å². The van der Waals surface area contributed by atoms with E-state index in [0.29, 0.717) is 32.2 Å². The summed E-state index contributed by atoms with van der Waals surface area (Å²) in [7, 11) is 1.51. The average Bonchev–Trinajstić information content (AvgIpc) is 2.90. The first-order valence-electron chi connectivity index (χ1n) is 12.3. The Kier molecular flexibility index (Phi) is 12.5. The van der Waals surface area contributed by atoms with Crippen LogP contribution in [0.4, 0.5) is 0 Å². The molecule has 0 saturated carbocycles. The van der Waals surface area contributed by atoms with Crippen LogP contribution in [-0.2, 0) is 20.8 Å². The lowest BCUT2D eigenvalue weighted by molar-refractivity contribution is -0.132. The van der Waals surface area contributed by atoms with Gasteiger partial charge in [0.15, 0.2) is 0 Å². The number of thiol groups is 1. The fourth-order valence-electron chi connectivity index (χ4n) is 3.61. The first-order valence-corrected chi connectivity index (χ1v) is 12.8. The van der Waals surface area contributed by atoms with E-state index in [1.165, 1.54) is 25.6 Å². The van der Waals surface area contributed by atoms with E-state index in [-0.39, 0.29) is 29.3 Å². The van der Waals surface area contributed by atoms with Crippen molar-refractivity contribution in [2.75, 3.05) is 13.6 Å². The van der Waals surface area contributed by atoms with Crippen molar-refractivity contribution in [3.63, 3.8) is 0 Å². The summed E-state index contributed by atoms with van der Waals surface area (Å²) in [5.74, 6) is -1.35. The van der Waals surface area contributed by atoms with Crippen LogP contribution in [-0.4, -0.2) is 64.5 Å². The first kappa shape index (κ1) is 29.8. The molecule has 200 valence electrons. The highest BCUT2D eigenvalue weighted by Gasteiger charge is 2.28. The monoisotopic (exact) mass is 528 g/mol. The third kappa shape index (κ3) is 10.6. The molecule has 4 amide bonds. The van der Waals surface area contributed by atoms with E-state index in [0.717, 1.165) is 5.56 Å². The summed E-state index contributed by atoms with van der Waals surface area (Å²) < 4.78 is 0. The summed E-state index contributed by atoms with van der Waals surface area (Å²) in [5.41, 5.74) is 1.12. The van der Waals surface area contributed by atoms with Gasteiger partial charge in [0.25, 0.3) is 5.91 Å². The lowest BCUT2D eigenvalue weighted by Gasteiger charge is -2.25. The zero-order valence-corrected chi connectivity index (χ0v) is 22.3. The number of aromatic nitrogens is 2. The molecule has 0 saturated heterocycles. The lowest BCUT2D eigenvalue weighted by Crippen LogP contribution is -2.55. The third-order valence-corrected chi connectivity index (χ3v) is 6.03. The largest absolute Gasteiger partial charge is 0.357 e. The molecule has 1 aromatic carbocycles. The fourth-order valence-corrected chi connectivity index (χ4v) is 3.87. The summed E-state index contributed by atoms with van der Waals surface area (Å²) in [5, 5.41) is 10.2. The molecule has 2 aromatic rings. The SMILES string of the molecule is CNC(=O)[C@H](Cc1ccccc1)NC(=O)[C@H](CC(C)C)NC(=O)C(S)CCCNC(=O)c1cnccn1. The maximum atomic E-state index is 13.1. The van der Waals surface area contributed by atoms with Crippen LogP contribution in [0.15, 0.2) is 48.9 Å². The van der Waals surface area contributed by atoms with Crippen LogP contribution in [0.1, 0.15) is 49.2 Å². The van der Waals surface area contributed by atoms with E-state index in [4.69, 9.17) is 0 Å². The van der Waals surface area contributed by atoms with Gasteiger partial charge in [-0.2, -0.15) is 12.6 Å². The molecular formula is C26H36N6O4S. The van der Waals surface area contributed by atoms with Crippen molar-refractivity contribution in [2.45, 2.75) is 56.9 Å². The number of hydrogen-bond acceptors (Lipinski definition) is 7. The van der Waals surface area contributed by atoms with E-state index < -0.39 is 23.2 Å². The van der Waals surface area contributed by atoms with Crippen molar-refractivity contribution in [1.29, 1.82) is 0 Å². The van der Waals surface area contributed by atoms with Gasteiger partial charge in [-0.3, -0.25) is 24.2 Å². The number of benzene rings is 1. The van der Waals surface area contributed by atoms with Crippen molar-refractivity contribution in [1.82, 2.24) is 31.2 Å². The van der Waals surface area contributed by atoms with Crippen LogP contribution in [0.2, 0.25) is 0 Å². The minimum absolute atomic E-state index is 0.123. The van der Waals surface area contributed by atoms with E-state index in [1.807, 2.05) is 44.2 Å². The molecule has 10 nitrogen and oxygen atoms in total. The topological polar surface area (TPSA) is 142 Å². The summed E-state index contributed by atoms with van der Waals surface area (Å²) in [6.07, 6.45) is 5.91. The quantitative estimate of drug-likeness (QED) is 0.185. The third-order valence-electron chi connectivity index (χ3n) is 5.54. The minimum Gasteiger partial charge on any atom is -0.357 e. The normalized spacial score (nSPS) is 13.2. The van der Waals surface area contributed by atoms with Gasteiger partial charge >= 0.3 is 0 Å². The Hall–Kier alpha value is -3.47. The van der Waals surface area contributed by atoms with Crippen molar-refractivity contribution >= 4 is 36.3 Å². The Bertz CT molecular complexity index is 1020. The van der Waals surface area contributed by atoms with E-state index in [1.54, 1.807) is 0 Å². The molecule has 4 N–H and O–H groups in total. The molecule has 1 unspecified atom stereocenters. The van der Waals surface area contributed by atoms with Crippen molar-refractivity contribution in [3.05, 3.63) is 60.2 Å². The molecule has 0 spiro atoms. The van der Waals surface area contributed by atoms with Crippen molar-refractivity contribution in [2.24, 2.45) is 5.92 Å². The van der Waals surface area contributed by atoms with Crippen LogP contribution in [0.5, 0.6) is 0 Å².